The van der Waals surface area contributed by atoms with Crippen LogP contribution in [0.4, 0.5) is 5.69 Å². The normalized spacial score (nSPS) is 11.8. The van der Waals surface area contributed by atoms with Crippen LogP contribution in [0, 0.1) is 5.92 Å². The molecule has 0 aromatic heterocycles. The molecule has 0 bridgehead atoms. The lowest BCUT2D eigenvalue weighted by atomic mass is 10.0. The number of carbonyl (C=O) groups excluding carboxylic acids is 2. The predicted molar refractivity (Wildman–Crippen MR) is 100 cm³/mol. The average Bonchev–Trinajstić information content (AvgIpc) is 2.61. The summed E-state index contributed by atoms with van der Waals surface area (Å²) in [4.78, 5) is 24.0. The zero-order valence-electron chi connectivity index (χ0n) is 14.7. The molecule has 0 aliphatic rings. The Labute approximate surface area is 148 Å². The van der Waals surface area contributed by atoms with Crippen LogP contribution in [0.15, 0.2) is 54.6 Å². The summed E-state index contributed by atoms with van der Waals surface area (Å²) in [5.74, 6) is -0.567. The van der Waals surface area contributed by atoms with Crippen molar-refractivity contribution in [3.05, 3.63) is 65.7 Å². The summed E-state index contributed by atoms with van der Waals surface area (Å²) in [5.41, 5.74) is 8.70. The Hall–Kier alpha value is -2.66. The standard InChI is InChI=1S/C20H25N3O2/c1-14(2)19(21)20(25)22-13-18(24)23-17-11-7-6-10-16(17)12-15-8-4-3-5-9-15/h3-11,14,19H,12-13,21H2,1-2H3,(H,22,25)(H,23,24)/t19-/m0/s1. The molecule has 0 saturated carbocycles. The van der Waals surface area contributed by atoms with Gasteiger partial charge in [0.25, 0.3) is 0 Å². The number of benzene rings is 2. The van der Waals surface area contributed by atoms with Gasteiger partial charge in [0, 0.05) is 5.69 Å². The van der Waals surface area contributed by atoms with Crippen molar-refractivity contribution in [2.45, 2.75) is 26.3 Å². The molecule has 2 aromatic carbocycles. The number of para-hydroxylation sites is 1. The van der Waals surface area contributed by atoms with Crippen molar-refractivity contribution in [3.8, 4) is 0 Å². The molecule has 5 nitrogen and oxygen atoms in total. The van der Waals surface area contributed by atoms with Crippen LogP contribution in [0.3, 0.4) is 0 Å². The fourth-order valence-electron chi connectivity index (χ4n) is 2.39. The number of nitrogens with two attached hydrogens (primary N) is 1. The molecule has 2 rings (SSSR count). The molecule has 132 valence electrons. The van der Waals surface area contributed by atoms with E-state index in [2.05, 4.69) is 10.6 Å². The van der Waals surface area contributed by atoms with Gasteiger partial charge >= 0.3 is 0 Å². The fourth-order valence-corrected chi connectivity index (χ4v) is 2.39. The van der Waals surface area contributed by atoms with E-state index in [1.54, 1.807) is 0 Å². The molecule has 0 aliphatic heterocycles. The molecule has 0 radical (unpaired) electrons. The van der Waals surface area contributed by atoms with E-state index in [0.29, 0.717) is 0 Å². The quantitative estimate of drug-likeness (QED) is 0.724. The Morgan fingerprint density at radius 1 is 1.00 bits per heavy atom. The molecule has 5 heteroatoms. The van der Waals surface area contributed by atoms with Crippen molar-refractivity contribution in [2.24, 2.45) is 11.7 Å². The number of anilines is 1. The van der Waals surface area contributed by atoms with Crippen LogP contribution in [0.2, 0.25) is 0 Å². The maximum absolute atomic E-state index is 12.1. The first kappa shape index (κ1) is 18.7. The van der Waals surface area contributed by atoms with Gasteiger partial charge in [-0.25, -0.2) is 0 Å². The highest BCUT2D eigenvalue weighted by Gasteiger charge is 2.17. The number of carbonyl (C=O) groups is 2. The summed E-state index contributed by atoms with van der Waals surface area (Å²) >= 11 is 0. The van der Waals surface area contributed by atoms with Gasteiger partial charge in [-0.3, -0.25) is 9.59 Å². The lowest BCUT2D eigenvalue weighted by Crippen LogP contribution is -2.46. The highest BCUT2D eigenvalue weighted by atomic mass is 16.2. The minimum atomic E-state index is -0.613. The first-order valence-electron chi connectivity index (χ1n) is 8.42. The predicted octanol–water partition coefficient (Wildman–Crippen LogP) is 2.32. The van der Waals surface area contributed by atoms with Crippen molar-refractivity contribution >= 4 is 17.5 Å². The highest BCUT2D eigenvalue weighted by molar-refractivity contribution is 5.95. The zero-order valence-corrected chi connectivity index (χ0v) is 14.7. The molecule has 0 spiro atoms. The second kappa shape index (κ2) is 8.99. The van der Waals surface area contributed by atoms with E-state index >= 15 is 0 Å². The van der Waals surface area contributed by atoms with E-state index < -0.39 is 6.04 Å². The molecule has 25 heavy (non-hydrogen) atoms. The zero-order chi connectivity index (χ0) is 18.2. The van der Waals surface area contributed by atoms with Gasteiger partial charge in [-0.2, -0.15) is 0 Å². The van der Waals surface area contributed by atoms with Crippen LogP contribution in [-0.4, -0.2) is 24.4 Å². The van der Waals surface area contributed by atoms with E-state index in [0.717, 1.165) is 17.7 Å². The maximum atomic E-state index is 12.1. The summed E-state index contributed by atoms with van der Waals surface area (Å²) in [6.45, 7) is 3.63. The number of hydrogen-bond acceptors (Lipinski definition) is 3. The highest BCUT2D eigenvalue weighted by Crippen LogP contribution is 2.19. The van der Waals surface area contributed by atoms with Crippen LogP contribution >= 0.6 is 0 Å². The molecular formula is C20H25N3O2. The minimum absolute atomic E-state index is 0.0228. The smallest absolute Gasteiger partial charge is 0.243 e. The third-order valence-corrected chi connectivity index (χ3v) is 3.97. The molecular weight excluding hydrogens is 314 g/mol. The second-order valence-corrected chi connectivity index (χ2v) is 6.36. The minimum Gasteiger partial charge on any atom is -0.346 e. The van der Waals surface area contributed by atoms with Crippen LogP contribution in [0.25, 0.3) is 0 Å². The van der Waals surface area contributed by atoms with E-state index in [1.165, 1.54) is 5.56 Å². The van der Waals surface area contributed by atoms with Crippen LogP contribution < -0.4 is 16.4 Å². The Bertz CT molecular complexity index is 714. The Morgan fingerprint density at radius 2 is 1.64 bits per heavy atom. The summed E-state index contributed by atoms with van der Waals surface area (Å²) in [5, 5.41) is 5.44. The van der Waals surface area contributed by atoms with E-state index in [-0.39, 0.29) is 24.3 Å². The summed E-state index contributed by atoms with van der Waals surface area (Å²) in [7, 11) is 0. The van der Waals surface area contributed by atoms with Crippen molar-refractivity contribution < 1.29 is 9.59 Å². The van der Waals surface area contributed by atoms with E-state index in [1.807, 2.05) is 68.4 Å². The molecule has 0 fully saturated rings. The number of rotatable bonds is 7. The van der Waals surface area contributed by atoms with Gasteiger partial charge < -0.3 is 16.4 Å². The largest absolute Gasteiger partial charge is 0.346 e. The SMILES string of the molecule is CC(C)[C@H](N)C(=O)NCC(=O)Nc1ccccc1Cc1ccccc1. The van der Waals surface area contributed by atoms with Gasteiger partial charge in [-0.1, -0.05) is 62.4 Å². The van der Waals surface area contributed by atoms with Crippen LogP contribution in [0.1, 0.15) is 25.0 Å². The maximum Gasteiger partial charge on any atom is 0.243 e. The molecule has 2 amide bonds. The van der Waals surface area contributed by atoms with Gasteiger partial charge in [0.2, 0.25) is 11.8 Å². The first-order valence-corrected chi connectivity index (χ1v) is 8.42. The number of nitrogens with one attached hydrogen (secondary N) is 2. The van der Waals surface area contributed by atoms with Gasteiger partial charge in [-0.15, -0.1) is 0 Å². The lowest BCUT2D eigenvalue weighted by molar-refractivity contribution is -0.125. The van der Waals surface area contributed by atoms with Gasteiger partial charge in [0.1, 0.15) is 0 Å². The number of amides is 2. The third-order valence-electron chi connectivity index (χ3n) is 3.97. The van der Waals surface area contributed by atoms with Crippen molar-refractivity contribution in [3.63, 3.8) is 0 Å². The molecule has 0 unspecified atom stereocenters. The summed E-state index contributed by atoms with van der Waals surface area (Å²) < 4.78 is 0. The van der Waals surface area contributed by atoms with Gasteiger partial charge in [0.15, 0.2) is 0 Å². The molecule has 0 aliphatic carbocycles. The summed E-state index contributed by atoms with van der Waals surface area (Å²) in [6.07, 6.45) is 0.724. The second-order valence-electron chi connectivity index (χ2n) is 6.36. The molecule has 0 saturated heterocycles. The third kappa shape index (κ3) is 5.72. The van der Waals surface area contributed by atoms with Gasteiger partial charge in [-0.05, 0) is 29.5 Å². The Kier molecular flexibility index (Phi) is 6.71. The van der Waals surface area contributed by atoms with Crippen LogP contribution in [-0.2, 0) is 16.0 Å². The van der Waals surface area contributed by atoms with Crippen molar-refractivity contribution in [1.82, 2.24) is 5.32 Å². The molecule has 4 N–H and O–H groups in total. The monoisotopic (exact) mass is 339 g/mol. The Morgan fingerprint density at radius 3 is 2.32 bits per heavy atom. The molecule has 1 atom stereocenters. The summed E-state index contributed by atoms with van der Waals surface area (Å²) in [6, 6.07) is 17.1. The van der Waals surface area contributed by atoms with Crippen molar-refractivity contribution in [1.29, 1.82) is 0 Å². The Balaban J connectivity index is 1.96. The molecule has 0 heterocycles. The fraction of sp³-hybridized carbons (Fsp3) is 0.300. The topological polar surface area (TPSA) is 84.2 Å². The number of hydrogen-bond donors (Lipinski definition) is 3. The van der Waals surface area contributed by atoms with Gasteiger partial charge in [0.05, 0.1) is 12.6 Å². The lowest BCUT2D eigenvalue weighted by Gasteiger charge is -2.16. The van der Waals surface area contributed by atoms with E-state index in [9.17, 15) is 9.59 Å². The van der Waals surface area contributed by atoms with E-state index in [4.69, 9.17) is 5.73 Å². The van der Waals surface area contributed by atoms with Crippen LogP contribution in [0.5, 0.6) is 0 Å². The van der Waals surface area contributed by atoms with Crippen molar-refractivity contribution in [2.75, 3.05) is 11.9 Å². The molecule has 2 aromatic rings. The average molecular weight is 339 g/mol. The first-order chi connectivity index (χ1) is 12.0.